The van der Waals surface area contributed by atoms with E-state index in [4.69, 9.17) is 9.47 Å². The molecule has 0 aliphatic heterocycles. The number of rotatable bonds is 5. The van der Waals surface area contributed by atoms with Gasteiger partial charge in [-0.25, -0.2) is 4.79 Å². The first-order valence-electron chi connectivity index (χ1n) is 7.87. The molecule has 0 spiro atoms. The molecule has 126 valence electrons. The number of hydrogen-bond donors (Lipinski definition) is 0. The highest BCUT2D eigenvalue weighted by molar-refractivity contribution is 9.10. The minimum atomic E-state index is -0.448. The maximum Gasteiger partial charge on any atom is 0.349 e. The van der Waals surface area contributed by atoms with Gasteiger partial charge in [0.15, 0.2) is 6.61 Å². The van der Waals surface area contributed by atoms with Gasteiger partial charge in [0.05, 0.1) is 4.47 Å². The summed E-state index contributed by atoms with van der Waals surface area (Å²) in [4.78, 5) is 12.0. The van der Waals surface area contributed by atoms with E-state index >= 15 is 0 Å². The Hall–Kier alpha value is -2.59. The standard InChI is InChI=1S/C21H17BrO3/c1-15-7-5-6-10-19(15)24-14-21(23)25-20-12-11-17(13-18(20)22)16-8-3-2-4-9-16/h2-13H,14H2,1H3. The van der Waals surface area contributed by atoms with Crippen LogP contribution in [0.4, 0.5) is 0 Å². The predicted octanol–water partition coefficient (Wildman–Crippen LogP) is 5.41. The molecule has 3 aromatic carbocycles. The Labute approximate surface area is 155 Å². The third-order valence-corrected chi connectivity index (χ3v) is 4.32. The zero-order chi connectivity index (χ0) is 17.6. The molecule has 0 atom stereocenters. The summed E-state index contributed by atoms with van der Waals surface area (Å²) in [6.45, 7) is 1.79. The fourth-order valence-corrected chi connectivity index (χ4v) is 2.86. The quantitative estimate of drug-likeness (QED) is 0.427. The van der Waals surface area contributed by atoms with Crippen LogP contribution >= 0.6 is 15.9 Å². The zero-order valence-electron chi connectivity index (χ0n) is 13.7. The van der Waals surface area contributed by atoms with Crippen LogP contribution in [0.15, 0.2) is 77.3 Å². The van der Waals surface area contributed by atoms with E-state index < -0.39 is 5.97 Å². The van der Waals surface area contributed by atoms with Gasteiger partial charge in [0.1, 0.15) is 11.5 Å². The molecule has 0 heterocycles. The van der Waals surface area contributed by atoms with Crippen molar-refractivity contribution in [1.82, 2.24) is 0 Å². The predicted molar refractivity (Wildman–Crippen MR) is 102 cm³/mol. The third kappa shape index (κ3) is 4.48. The van der Waals surface area contributed by atoms with Gasteiger partial charge in [0.2, 0.25) is 0 Å². The van der Waals surface area contributed by atoms with Crippen LogP contribution in [0.5, 0.6) is 11.5 Å². The molecule has 3 rings (SSSR count). The van der Waals surface area contributed by atoms with Crippen molar-refractivity contribution in [3.63, 3.8) is 0 Å². The smallest absolute Gasteiger partial charge is 0.349 e. The Balaban J connectivity index is 1.64. The van der Waals surface area contributed by atoms with Crippen molar-refractivity contribution in [2.45, 2.75) is 6.92 Å². The lowest BCUT2D eigenvalue weighted by Gasteiger charge is -2.10. The first kappa shape index (κ1) is 17.2. The molecule has 0 bridgehead atoms. The Morgan fingerprint density at radius 2 is 1.60 bits per heavy atom. The Kier molecular flexibility index (Phi) is 5.51. The molecule has 3 nitrogen and oxygen atoms in total. The topological polar surface area (TPSA) is 35.5 Å². The summed E-state index contributed by atoms with van der Waals surface area (Å²) in [6.07, 6.45) is 0. The Morgan fingerprint density at radius 1 is 0.880 bits per heavy atom. The summed E-state index contributed by atoms with van der Waals surface area (Å²) in [5.74, 6) is 0.701. The molecule has 0 amide bonds. The van der Waals surface area contributed by atoms with Crippen LogP contribution < -0.4 is 9.47 Å². The van der Waals surface area contributed by atoms with Gasteiger partial charge >= 0.3 is 5.97 Å². The maximum atomic E-state index is 12.0. The van der Waals surface area contributed by atoms with Crippen LogP contribution in [-0.2, 0) is 4.79 Å². The molecule has 0 N–H and O–H groups in total. The maximum absolute atomic E-state index is 12.0. The summed E-state index contributed by atoms with van der Waals surface area (Å²) in [5, 5.41) is 0. The molecule has 0 aromatic heterocycles. The van der Waals surface area contributed by atoms with Crippen LogP contribution in [0.2, 0.25) is 0 Å². The minimum absolute atomic E-state index is 0.141. The summed E-state index contributed by atoms with van der Waals surface area (Å²) in [5.41, 5.74) is 3.12. The van der Waals surface area contributed by atoms with E-state index in [2.05, 4.69) is 15.9 Å². The molecule has 25 heavy (non-hydrogen) atoms. The van der Waals surface area contributed by atoms with Gasteiger partial charge < -0.3 is 9.47 Å². The first-order chi connectivity index (χ1) is 12.1. The number of benzene rings is 3. The summed E-state index contributed by atoms with van der Waals surface area (Å²) < 4.78 is 11.6. The normalized spacial score (nSPS) is 10.3. The second kappa shape index (κ2) is 7.99. The summed E-state index contributed by atoms with van der Waals surface area (Å²) in [7, 11) is 0. The number of carbonyl (C=O) groups excluding carboxylic acids is 1. The highest BCUT2D eigenvalue weighted by Gasteiger charge is 2.11. The van der Waals surface area contributed by atoms with E-state index in [-0.39, 0.29) is 6.61 Å². The van der Waals surface area contributed by atoms with E-state index in [1.165, 1.54) is 0 Å². The van der Waals surface area contributed by atoms with Crippen molar-refractivity contribution >= 4 is 21.9 Å². The van der Waals surface area contributed by atoms with Crippen molar-refractivity contribution in [1.29, 1.82) is 0 Å². The lowest BCUT2D eigenvalue weighted by Crippen LogP contribution is -2.18. The van der Waals surface area contributed by atoms with E-state index in [1.54, 1.807) is 6.07 Å². The van der Waals surface area contributed by atoms with Crippen LogP contribution in [0.25, 0.3) is 11.1 Å². The molecular formula is C21H17BrO3. The zero-order valence-corrected chi connectivity index (χ0v) is 15.3. The lowest BCUT2D eigenvalue weighted by molar-refractivity contribution is -0.136. The van der Waals surface area contributed by atoms with Gasteiger partial charge in [-0.3, -0.25) is 0 Å². The van der Waals surface area contributed by atoms with Crippen molar-refractivity contribution in [3.8, 4) is 22.6 Å². The Morgan fingerprint density at radius 3 is 2.32 bits per heavy atom. The molecule has 4 heteroatoms. The summed E-state index contributed by atoms with van der Waals surface area (Å²) >= 11 is 3.46. The first-order valence-corrected chi connectivity index (χ1v) is 8.67. The number of esters is 1. The third-order valence-electron chi connectivity index (χ3n) is 3.70. The number of halogens is 1. The van der Waals surface area contributed by atoms with E-state index in [0.717, 1.165) is 21.2 Å². The minimum Gasteiger partial charge on any atom is -0.482 e. The van der Waals surface area contributed by atoms with Crippen LogP contribution in [-0.4, -0.2) is 12.6 Å². The average Bonchev–Trinajstić information content (AvgIpc) is 2.63. The fourth-order valence-electron chi connectivity index (χ4n) is 2.40. The van der Waals surface area contributed by atoms with Crippen molar-refractivity contribution in [2.75, 3.05) is 6.61 Å². The second-order valence-electron chi connectivity index (χ2n) is 5.54. The molecule has 0 aliphatic carbocycles. The number of aryl methyl sites for hydroxylation is 1. The molecule has 0 saturated heterocycles. The van der Waals surface area contributed by atoms with Crippen LogP contribution in [0, 0.1) is 6.92 Å². The SMILES string of the molecule is Cc1ccccc1OCC(=O)Oc1ccc(-c2ccccc2)cc1Br. The molecule has 0 unspecified atom stereocenters. The molecule has 0 aliphatic rings. The number of para-hydroxylation sites is 1. The second-order valence-corrected chi connectivity index (χ2v) is 6.39. The molecule has 0 fully saturated rings. The number of ether oxygens (including phenoxy) is 2. The Bertz CT molecular complexity index is 875. The molecule has 0 radical (unpaired) electrons. The molecule has 0 saturated carbocycles. The van der Waals surface area contributed by atoms with Gasteiger partial charge in [0, 0.05) is 0 Å². The van der Waals surface area contributed by atoms with Crippen molar-refractivity contribution in [2.24, 2.45) is 0 Å². The van der Waals surface area contributed by atoms with Crippen molar-refractivity contribution in [3.05, 3.63) is 82.8 Å². The lowest BCUT2D eigenvalue weighted by atomic mass is 10.1. The highest BCUT2D eigenvalue weighted by atomic mass is 79.9. The number of hydrogen-bond acceptors (Lipinski definition) is 3. The fraction of sp³-hybridized carbons (Fsp3) is 0.0952. The summed E-state index contributed by atoms with van der Waals surface area (Å²) in [6, 6.07) is 23.2. The van der Waals surface area contributed by atoms with Crippen LogP contribution in [0.3, 0.4) is 0 Å². The molecular weight excluding hydrogens is 380 g/mol. The van der Waals surface area contributed by atoms with Gasteiger partial charge in [-0.05, 0) is 57.7 Å². The average molecular weight is 397 g/mol. The highest BCUT2D eigenvalue weighted by Crippen LogP contribution is 2.30. The van der Waals surface area contributed by atoms with Gasteiger partial charge in [-0.1, -0.05) is 54.6 Å². The monoisotopic (exact) mass is 396 g/mol. The van der Waals surface area contributed by atoms with E-state index in [9.17, 15) is 4.79 Å². The van der Waals surface area contributed by atoms with Gasteiger partial charge in [-0.2, -0.15) is 0 Å². The number of carbonyl (C=O) groups is 1. The van der Waals surface area contributed by atoms with E-state index in [1.807, 2.05) is 73.7 Å². The van der Waals surface area contributed by atoms with E-state index in [0.29, 0.717) is 11.5 Å². The van der Waals surface area contributed by atoms with Gasteiger partial charge in [0.25, 0.3) is 0 Å². The molecule has 3 aromatic rings. The van der Waals surface area contributed by atoms with Crippen LogP contribution in [0.1, 0.15) is 5.56 Å². The largest absolute Gasteiger partial charge is 0.482 e. The van der Waals surface area contributed by atoms with Gasteiger partial charge in [-0.15, -0.1) is 0 Å². The van der Waals surface area contributed by atoms with Crippen molar-refractivity contribution < 1.29 is 14.3 Å².